The third-order valence-corrected chi connectivity index (χ3v) is 5.82. The van der Waals surface area contributed by atoms with Crippen molar-refractivity contribution in [2.24, 2.45) is 35.1 Å². The Hall–Kier alpha value is -1.54. The number of ether oxygens (including phenoxy) is 2. The minimum atomic E-state index is -0.397. The van der Waals surface area contributed by atoms with Crippen molar-refractivity contribution < 1.29 is 19.1 Å². The van der Waals surface area contributed by atoms with E-state index in [0.717, 1.165) is 26.2 Å². The Labute approximate surface area is 167 Å². The van der Waals surface area contributed by atoms with E-state index >= 15 is 0 Å². The molecular weight excluding hydrogens is 360 g/mol. The quantitative estimate of drug-likeness (QED) is 0.644. The van der Waals surface area contributed by atoms with Crippen molar-refractivity contribution in [1.29, 1.82) is 0 Å². The molecule has 0 radical (unpaired) electrons. The fourth-order valence-corrected chi connectivity index (χ4v) is 4.10. The van der Waals surface area contributed by atoms with Crippen LogP contribution in [0.2, 0.25) is 0 Å². The van der Waals surface area contributed by atoms with Crippen LogP contribution >= 0.6 is 0 Å². The van der Waals surface area contributed by atoms with Gasteiger partial charge in [0.2, 0.25) is 0 Å². The molecular formula is C20H36N4O4. The third kappa shape index (κ3) is 4.89. The van der Waals surface area contributed by atoms with Crippen LogP contribution in [-0.2, 0) is 9.47 Å². The first-order valence-electron chi connectivity index (χ1n) is 10.2. The summed E-state index contributed by atoms with van der Waals surface area (Å²) in [5, 5.41) is 0. The zero-order valence-corrected chi connectivity index (χ0v) is 18.0. The highest BCUT2D eigenvalue weighted by Gasteiger charge is 2.56. The average Bonchev–Trinajstić information content (AvgIpc) is 3.14. The first-order valence-corrected chi connectivity index (χ1v) is 10.2. The zero-order chi connectivity index (χ0) is 21.0. The van der Waals surface area contributed by atoms with Crippen molar-refractivity contribution in [1.82, 2.24) is 9.80 Å². The van der Waals surface area contributed by atoms with E-state index in [0.29, 0.717) is 35.8 Å². The molecule has 4 N–H and O–H groups in total. The summed E-state index contributed by atoms with van der Waals surface area (Å²) in [4.78, 5) is 26.7. The Morgan fingerprint density at radius 3 is 1.14 bits per heavy atom. The highest BCUT2D eigenvalue weighted by Crippen LogP contribution is 2.44. The molecule has 2 aliphatic carbocycles. The van der Waals surface area contributed by atoms with Crippen molar-refractivity contribution in [3.8, 4) is 0 Å². The molecule has 0 aromatic carbocycles. The van der Waals surface area contributed by atoms with E-state index in [2.05, 4.69) is 0 Å². The first kappa shape index (κ1) is 21.2. The summed E-state index contributed by atoms with van der Waals surface area (Å²) in [7, 11) is 0. The number of carbonyl (C=O) groups is 2. The van der Waals surface area contributed by atoms with Gasteiger partial charge in [-0.25, -0.2) is 9.59 Å². The van der Waals surface area contributed by atoms with Crippen LogP contribution in [0, 0.1) is 23.7 Å². The van der Waals surface area contributed by atoms with Gasteiger partial charge in [-0.15, -0.1) is 0 Å². The molecule has 2 unspecified atom stereocenters. The van der Waals surface area contributed by atoms with Gasteiger partial charge in [0.05, 0.1) is 0 Å². The number of piperidine rings is 2. The summed E-state index contributed by atoms with van der Waals surface area (Å²) in [6.07, 6.45) is -0.395. The molecule has 6 atom stereocenters. The van der Waals surface area contributed by atoms with E-state index in [4.69, 9.17) is 20.9 Å². The molecule has 160 valence electrons. The fraction of sp³-hybridized carbons (Fsp3) is 0.900. The van der Waals surface area contributed by atoms with Crippen LogP contribution in [0.4, 0.5) is 9.59 Å². The summed E-state index contributed by atoms with van der Waals surface area (Å²) < 4.78 is 10.5. The third-order valence-electron chi connectivity index (χ3n) is 5.82. The van der Waals surface area contributed by atoms with E-state index in [1.807, 2.05) is 41.5 Å². The molecule has 4 rings (SSSR count). The molecule has 28 heavy (non-hydrogen) atoms. The topological polar surface area (TPSA) is 111 Å². The van der Waals surface area contributed by atoms with Crippen LogP contribution in [0.15, 0.2) is 0 Å². The lowest BCUT2D eigenvalue weighted by Crippen LogP contribution is -2.38. The smallest absolute Gasteiger partial charge is 0.410 e. The lowest BCUT2D eigenvalue weighted by atomic mass is 10.2. The Morgan fingerprint density at radius 2 is 0.929 bits per heavy atom. The highest BCUT2D eigenvalue weighted by molar-refractivity contribution is 5.69. The van der Waals surface area contributed by atoms with E-state index in [-0.39, 0.29) is 12.2 Å². The number of carbonyl (C=O) groups excluding carboxylic acids is 2. The molecule has 4 aliphatic rings. The zero-order valence-electron chi connectivity index (χ0n) is 18.0. The van der Waals surface area contributed by atoms with Gasteiger partial charge in [0.1, 0.15) is 11.2 Å². The maximum absolute atomic E-state index is 11.6. The number of likely N-dealkylation sites (tertiary alicyclic amines) is 2. The molecule has 8 heteroatoms. The van der Waals surface area contributed by atoms with Crippen LogP contribution in [0.5, 0.6) is 0 Å². The van der Waals surface area contributed by atoms with Crippen LogP contribution in [0.3, 0.4) is 0 Å². The molecule has 8 nitrogen and oxygen atoms in total. The molecule has 0 aromatic rings. The number of rotatable bonds is 0. The van der Waals surface area contributed by atoms with Gasteiger partial charge in [0.25, 0.3) is 0 Å². The Bertz CT molecular complexity index is 549. The van der Waals surface area contributed by atoms with E-state index < -0.39 is 11.2 Å². The Morgan fingerprint density at radius 1 is 0.679 bits per heavy atom. The number of nitrogens with zero attached hydrogens (tertiary/aromatic N) is 2. The number of fused-ring (bicyclic) bond motifs is 2. The summed E-state index contributed by atoms with van der Waals surface area (Å²) in [5.41, 5.74) is 10.8. The predicted molar refractivity (Wildman–Crippen MR) is 106 cm³/mol. The second kappa shape index (κ2) is 7.06. The molecule has 4 fully saturated rings. The summed E-state index contributed by atoms with van der Waals surface area (Å²) >= 11 is 0. The highest BCUT2D eigenvalue weighted by atomic mass is 16.6. The summed E-state index contributed by atoms with van der Waals surface area (Å²) in [6, 6.07) is 0.655. The fourth-order valence-electron chi connectivity index (χ4n) is 4.10. The molecule has 2 saturated heterocycles. The molecule has 2 saturated carbocycles. The number of amides is 2. The second-order valence-electron chi connectivity index (χ2n) is 10.6. The van der Waals surface area contributed by atoms with Gasteiger partial charge in [0.15, 0.2) is 0 Å². The van der Waals surface area contributed by atoms with Gasteiger partial charge >= 0.3 is 12.2 Å². The lowest BCUT2D eigenvalue weighted by Gasteiger charge is -2.25. The van der Waals surface area contributed by atoms with Crippen molar-refractivity contribution in [2.75, 3.05) is 26.2 Å². The normalized spacial score (nSPS) is 35.4. The minimum Gasteiger partial charge on any atom is -0.444 e. The Balaban J connectivity index is 0.000000161. The number of nitrogens with two attached hydrogens (primary N) is 2. The van der Waals surface area contributed by atoms with E-state index in [1.165, 1.54) is 0 Å². The van der Waals surface area contributed by atoms with Gasteiger partial charge in [-0.1, -0.05) is 0 Å². The molecule has 0 aromatic heterocycles. The SMILES string of the molecule is CC(C)(C)OC(=O)N1C[C@@H]2C(N)[C@@H]2C1.CC(C)(C)OC(=O)N1C[C@@H]2C(N)[C@@H]2C1. The molecule has 0 spiro atoms. The van der Waals surface area contributed by atoms with E-state index in [1.54, 1.807) is 9.80 Å². The van der Waals surface area contributed by atoms with Crippen molar-refractivity contribution in [3.05, 3.63) is 0 Å². The number of hydrogen-bond acceptors (Lipinski definition) is 6. The maximum Gasteiger partial charge on any atom is 0.410 e. The average molecular weight is 397 g/mol. The Kier molecular flexibility index (Phi) is 5.34. The summed E-state index contributed by atoms with van der Waals surface area (Å²) in [5.74, 6) is 2.12. The molecule has 2 heterocycles. The minimum absolute atomic E-state index is 0.197. The van der Waals surface area contributed by atoms with Gasteiger partial charge in [-0.2, -0.15) is 0 Å². The van der Waals surface area contributed by atoms with Gasteiger partial charge in [0, 0.05) is 38.3 Å². The van der Waals surface area contributed by atoms with E-state index in [9.17, 15) is 9.59 Å². The van der Waals surface area contributed by atoms with Crippen molar-refractivity contribution in [3.63, 3.8) is 0 Å². The predicted octanol–water partition coefficient (Wildman–Crippen LogP) is 1.62. The first-order chi connectivity index (χ1) is 12.8. The van der Waals surface area contributed by atoms with Crippen LogP contribution in [-0.4, -0.2) is 71.5 Å². The lowest BCUT2D eigenvalue weighted by molar-refractivity contribution is 0.0261. The molecule has 2 aliphatic heterocycles. The van der Waals surface area contributed by atoms with Crippen molar-refractivity contribution >= 4 is 12.2 Å². The number of hydrogen-bond donors (Lipinski definition) is 2. The van der Waals surface area contributed by atoms with Crippen LogP contribution in [0.25, 0.3) is 0 Å². The van der Waals surface area contributed by atoms with Crippen LogP contribution < -0.4 is 11.5 Å². The molecule has 2 amide bonds. The van der Waals surface area contributed by atoms with Crippen molar-refractivity contribution in [2.45, 2.75) is 64.8 Å². The largest absolute Gasteiger partial charge is 0.444 e. The van der Waals surface area contributed by atoms with Crippen LogP contribution in [0.1, 0.15) is 41.5 Å². The van der Waals surface area contributed by atoms with Gasteiger partial charge in [-0.3, -0.25) is 0 Å². The molecule has 0 bridgehead atoms. The second-order valence-corrected chi connectivity index (χ2v) is 10.6. The van der Waals surface area contributed by atoms with Gasteiger partial charge in [-0.05, 0) is 65.2 Å². The monoisotopic (exact) mass is 396 g/mol. The standard InChI is InChI=1S/2C10H18N2O2/c2*1-10(2,3)14-9(13)12-4-6-7(5-12)8(6)11/h2*6-8H,4-5,11H2,1-3H3/t2*6-,7+,8?. The van der Waals surface area contributed by atoms with Gasteiger partial charge < -0.3 is 30.7 Å². The summed E-state index contributed by atoms with van der Waals surface area (Å²) in [6.45, 7) is 14.4. The maximum atomic E-state index is 11.6.